The Morgan fingerprint density at radius 2 is 2.07 bits per heavy atom. The van der Waals surface area contributed by atoms with Crippen molar-refractivity contribution in [1.29, 1.82) is 0 Å². The SMILES string of the molecule is CN(c1cccc(Br)c1)S(=O)(=O)N1CC1. The number of hydrogen-bond acceptors (Lipinski definition) is 2. The molecule has 1 fully saturated rings. The summed E-state index contributed by atoms with van der Waals surface area (Å²) in [6, 6.07) is 7.22. The first kappa shape index (κ1) is 10.9. The van der Waals surface area contributed by atoms with Gasteiger partial charge < -0.3 is 0 Å². The lowest BCUT2D eigenvalue weighted by molar-refractivity contribution is 0.561. The predicted molar refractivity (Wildman–Crippen MR) is 63.0 cm³/mol. The molecular formula is C9H11BrN2O2S. The summed E-state index contributed by atoms with van der Waals surface area (Å²) in [5.74, 6) is 0. The molecule has 1 aromatic rings. The van der Waals surface area contributed by atoms with Crippen LogP contribution in [-0.4, -0.2) is 32.9 Å². The van der Waals surface area contributed by atoms with Crippen LogP contribution in [0.4, 0.5) is 5.69 Å². The smallest absolute Gasteiger partial charge is 0.261 e. The lowest BCUT2D eigenvalue weighted by Gasteiger charge is -2.19. The zero-order chi connectivity index (χ0) is 11.1. The summed E-state index contributed by atoms with van der Waals surface area (Å²) in [7, 11) is -1.72. The molecule has 4 nitrogen and oxygen atoms in total. The van der Waals surface area contributed by atoms with Gasteiger partial charge in [0, 0.05) is 24.6 Å². The van der Waals surface area contributed by atoms with E-state index >= 15 is 0 Å². The van der Waals surface area contributed by atoms with Crippen LogP contribution in [0.1, 0.15) is 0 Å². The van der Waals surface area contributed by atoms with Crippen LogP contribution in [0.25, 0.3) is 0 Å². The topological polar surface area (TPSA) is 40.4 Å². The number of anilines is 1. The van der Waals surface area contributed by atoms with Crippen LogP contribution in [0.5, 0.6) is 0 Å². The molecular weight excluding hydrogens is 280 g/mol. The maximum atomic E-state index is 11.8. The zero-order valence-electron chi connectivity index (χ0n) is 8.22. The standard InChI is InChI=1S/C9H11BrN2O2S/c1-11(15(13,14)12-5-6-12)9-4-2-3-8(10)7-9/h2-4,7H,5-6H2,1H3. The van der Waals surface area contributed by atoms with Crippen molar-refractivity contribution in [3.63, 3.8) is 0 Å². The van der Waals surface area contributed by atoms with Crippen molar-refractivity contribution in [2.45, 2.75) is 0 Å². The molecule has 0 bridgehead atoms. The van der Waals surface area contributed by atoms with E-state index in [4.69, 9.17) is 0 Å². The Bertz CT molecular complexity index is 471. The summed E-state index contributed by atoms with van der Waals surface area (Å²) in [6.07, 6.45) is 0. The molecule has 1 aromatic carbocycles. The number of hydrogen-bond donors (Lipinski definition) is 0. The van der Waals surface area contributed by atoms with Crippen LogP contribution < -0.4 is 4.31 Å². The normalized spacial score (nSPS) is 16.4. The molecule has 1 heterocycles. The van der Waals surface area contributed by atoms with Gasteiger partial charge in [0.1, 0.15) is 0 Å². The Balaban J connectivity index is 2.31. The number of rotatable bonds is 3. The first-order valence-electron chi connectivity index (χ1n) is 4.51. The Hall–Kier alpha value is -0.590. The summed E-state index contributed by atoms with van der Waals surface area (Å²) in [5, 5.41) is 0. The molecule has 0 amide bonds. The second-order valence-corrected chi connectivity index (χ2v) is 6.23. The van der Waals surface area contributed by atoms with Gasteiger partial charge in [-0.3, -0.25) is 4.31 Å². The first-order valence-corrected chi connectivity index (χ1v) is 6.70. The largest absolute Gasteiger partial charge is 0.303 e. The Morgan fingerprint density at radius 3 is 2.60 bits per heavy atom. The van der Waals surface area contributed by atoms with Crippen molar-refractivity contribution in [2.24, 2.45) is 0 Å². The van der Waals surface area contributed by atoms with Crippen LogP contribution in [0.15, 0.2) is 28.7 Å². The lowest BCUT2D eigenvalue weighted by atomic mass is 10.3. The summed E-state index contributed by atoms with van der Waals surface area (Å²) < 4.78 is 27.3. The third kappa shape index (κ3) is 2.16. The van der Waals surface area contributed by atoms with Crippen molar-refractivity contribution in [3.8, 4) is 0 Å². The number of benzene rings is 1. The molecule has 82 valence electrons. The zero-order valence-corrected chi connectivity index (χ0v) is 10.6. The fourth-order valence-corrected chi connectivity index (χ4v) is 2.91. The van der Waals surface area contributed by atoms with E-state index in [1.54, 1.807) is 19.2 Å². The molecule has 0 saturated carbocycles. The van der Waals surface area contributed by atoms with Gasteiger partial charge in [0.05, 0.1) is 5.69 Å². The second kappa shape index (κ2) is 3.77. The van der Waals surface area contributed by atoms with Gasteiger partial charge in [0.15, 0.2) is 0 Å². The fourth-order valence-electron chi connectivity index (χ4n) is 1.25. The van der Waals surface area contributed by atoms with Gasteiger partial charge in [-0.15, -0.1) is 0 Å². The first-order chi connectivity index (χ1) is 7.01. The molecule has 0 N–H and O–H groups in total. The maximum Gasteiger partial charge on any atom is 0.303 e. The molecule has 1 aliphatic rings. The van der Waals surface area contributed by atoms with E-state index in [0.717, 1.165) is 4.47 Å². The van der Waals surface area contributed by atoms with Gasteiger partial charge in [0.2, 0.25) is 0 Å². The molecule has 1 aliphatic heterocycles. The van der Waals surface area contributed by atoms with Gasteiger partial charge in [-0.1, -0.05) is 22.0 Å². The molecule has 0 aliphatic carbocycles. The van der Waals surface area contributed by atoms with E-state index in [0.29, 0.717) is 18.8 Å². The third-order valence-electron chi connectivity index (χ3n) is 2.25. The fraction of sp³-hybridized carbons (Fsp3) is 0.333. The van der Waals surface area contributed by atoms with Gasteiger partial charge >= 0.3 is 10.2 Å². The molecule has 0 aromatic heterocycles. The maximum absolute atomic E-state index is 11.8. The van der Waals surface area contributed by atoms with Gasteiger partial charge in [-0.25, -0.2) is 0 Å². The molecule has 2 rings (SSSR count). The molecule has 15 heavy (non-hydrogen) atoms. The van der Waals surface area contributed by atoms with E-state index < -0.39 is 10.2 Å². The summed E-state index contributed by atoms with van der Waals surface area (Å²) >= 11 is 3.31. The van der Waals surface area contributed by atoms with Crippen LogP contribution in [0.3, 0.4) is 0 Å². The van der Waals surface area contributed by atoms with E-state index in [2.05, 4.69) is 15.9 Å². The average molecular weight is 291 g/mol. The minimum Gasteiger partial charge on any atom is -0.261 e. The number of halogens is 1. The van der Waals surface area contributed by atoms with Crippen molar-refractivity contribution in [3.05, 3.63) is 28.7 Å². The highest BCUT2D eigenvalue weighted by molar-refractivity contribution is 9.10. The summed E-state index contributed by atoms with van der Waals surface area (Å²) in [4.78, 5) is 0. The lowest BCUT2D eigenvalue weighted by Crippen LogP contribution is -2.32. The minimum absolute atomic E-state index is 0.626. The average Bonchev–Trinajstić information content (AvgIpc) is 2.99. The molecule has 0 radical (unpaired) electrons. The van der Waals surface area contributed by atoms with Crippen LogP contribution in [-0.2, 0) is 10.2 Å². The van der Waals surface area contributed by atoms with Crippen LogP contribution in [0, 0.1) is 0 Å². The quantitative estimate of drug-likeness (QED) is 0.791. The predicted octanol–water partition coefficient (Wildman–Crippen LogP) is 1.45. The second-order valence-electron chi connectivity index (χ2n) is 3.35. The van der Waals surface area contributed by atoms with Crippen molar-refractivity contribution < 1.29 is 8.42 Å². The highest BCUT2D eigenvalue weighted by atomic mass is 79.9. The van der Waals surface area contributed by atoms with E-state index in [9.17, 15) is 8.42 Å². The monoisotopic (exact) mass is 290 g/mol. The summed E-state index contributed by atoms with van der Waals surface area (Å²) in [5.41, 5.74) is 0.663. The van der Waals surface area contributed by atoms with E-state index in [1.165, 1.54) is 8.61 Å². The Kier molecular flexibility index (Phi) is 2.74. The van der Waals surface area contributed by atoms with Gasteiger partial charge in [-0.2, -0.15) is 12.7 Å². The highest BCUT2D eigenvalue weighted by Gasteiger charge is 2.35. The third-order valence-corrected chi connectivity index (χ3v) is 4.66. The minimum atomic E-state index is -3.29. The molecule has 0 spiro atoms. The molecule has 1 saturated heterocycles. The van der Waals surface area contributed by atoms with E-state index in [1.807, 2.05) is 12.1 Å². The van der Waals surface area contributed by atoms with E-state index in [-0.39, 0.29) is 0 Å². The molecule has 0 atom stereocenters. The Labute approximate surface area is 97.8 Å². The van der Waals surface area contributed by atoms with Gasteiger partial charge in [0.25, 0.3) is 0 Å². The van der Waals surface area contributed by atoms with Crippen LogP contribution >= 0.6 is 15.9 Å². The molecule has 6 heteroatoms. The van der Waals surface area contributed by atoms with Gasteiger partial charge in [-0.05, 0) is 18.2 Å². The Morgan fingerprint density at radius 1 is 1.40 bits per heavy atom. The van der Waals surface area contributed by atoms with Crippen molar-refractivity contribution >= 4 is 31.8 Å². The van der Waals surface area contributed by atoms with Crippen molar-refractivity contribution in [2.75, 3.05) is 24.4 Å². The highest BCUT2D eigenvalue weighted by Crippen LogP contribution is 2.24. The number of nitrogens with zero attached hydrogens (tertiary/aromatic N) is 2. The van der Waals surface area contributed by atoms with Crippen molar-refractivity contribution in [1.82, 2.24) is 4.31 Å². The molecule has 0 unspecified atom stereocenters. The summed E-state index contributed by atoms with van der Waals surface area (Å²) in [6.45, 7) is 1.25. The van der Waals surface area contributed by atoms with Crippen LogP contribution in [0.2, 0.25) is 0 Å².